The molecule has 4 rings (SSSR count). The maximum Gasteiger partial charge on any atom is 0.416 e. The van der Waals surface area contributed by atoms with Gasteiger partial charge in [-0.05, 0) is 66.6 Å². The molecule has 0 bridgehead atoms. The van der Waals surface area contributed by atoms with Crippen molar-refractivity contribution in [3.63, 3.8) is 0 Å². The van der Waals surface area contributed by atoms with Crippen LogP contribution in [0.5, 0.6) is 5.75 Å². The van der Waals surface area contributed by atoms with Crippen molar-refractivity contribution in [3.8, 4) is 5.75 Å². The molecule has 0 aliphatic carbocycles. The molecular weight excluding hydrogens is 543 g/mol. The summed E-state index contributed by atoms with van der Waals surface area (Å²) in [5.74, 6) is 0.140. The highest BCUT2D eigenvalue weighted by atomic mass is 19.4. The van der Waals surface area contributed by atoms with Gasteiger partial charge in [-0.2, -0.15) is 13.2 Å². The number of anilines is 1. The van der Waals surface area contributed by atoms with E-state index in [1.807, 2.05) is 59.8 Å². The average molecular weight is 586 g/mol. The van der Waals surface area contributed by atoms with Crippen LogP contribution in [0.25, 0.3) is 23.2 Å². The number of aromatic amines is 1. The van der Waals surface area contributed by atoms with Gasteiger partial charge < -0.3 is 26.5 Å². The minimum atomic E-state index is -4.57. The minimum Gasteiger partial charge on any atom is -0.495 e. The Morgan fingerprint density at radius 1 is 1.02 bits per heavy atom. The van der Waals surface area contributed by atoms with E-state index >= 15 is 0 Å². The van der Waals surface area contributed by atoms with Crippen LogP contribution >= 0.6 is 0 Å². The number of aryl methyl sites for hydroxylation is 1. The lowest BCUT2D eigenvalue weighted by Crippen LogP contribution is -2.15. The highest BCUT2D eigenvalue weighted by Crippen LogP contribution is 2.34. The zero-order chi connectivity index (χ0) is 31.9. The first-order valence-electron chi connectivity index (χ1n) is 13.8. The topological polar surface area (TPSA) is 119 Å². The number of H-pyrrole nitrogens is 1. The third-order valence-corrected chi connectivity index (χ3v) is 5.65. The number of carbonyl (C=O) groups excluding carboxylic acids is 1. The Morgan fingerprint density at radius 2 is 1.67 bits per heavy atom. The standard InChI is InChI=1S/C26H23F3N4O2.C2H7N.2C2H6/c1-15-3-4-17(25(34)33-20-8-7-18(13-30)22(12-20)26(27,28)29)11-16(15)5-6-19-14-32-24-21(9-10-31-24)23(19)35-2;1-2-3;2*1-2/h3-12,14H,13,30H2,1-2H3,(H,31,32)(H,33,34);2-3H2,1H3;2*1-2H3/b6-5+;;;. The number of nitrogens with one attached hydrogen (secondary N) is 2. The Morgan fingerprint density at radius 3 is 2.26 bits per heavy atom. The second-order valence-corrected chi connectivity index (χ2v) is 8.33. The van der Waals surface area contributed by atoms with Gasteiger partial charge in [0.05, 0.1) is 18.1 Å². The number of fused-ring (bicyclic) bond motifs is 1. The maximum absolute atomic E-state index is 13.3. The smallest absolute Gasteiger partial charge is 0.416 e. The number of rotatable bonds is 6. The number of alkyl halides is 3. The van der Waals surface area contributed by atoms with Crippen molar-refractivity contribution < 1.29 is 22.7 Å². The summed E-state index contributed by atoms with van der Waals surface area (Å²) < 4.78 is 45.5. The summed E-state index contributed by atoms with van der Waals surface area (Å²) in [5.41, 5.74) is 12.9. The molecule has 10 heteroatoms. The Hall–Kier alpha value is -4.15. The average Bonchev–Trinajstić information content (AvgIpc) is 3.47. The molecule has 42 heavy (non-hydrogen) atoms. The van der Waals surface area contributed by atoms with E-state index in [1.54, 1.807) is 37.7 Å². The largest absolute Gasteiger partial charge is 0.495 e. The molecule has 0 saturated carbocycles. The van der Waals surface area contributed by atoms with Gasteiger partial charge in [0.2, 0.25) is 0 Å². The molecule has 2 aromatic heterocycles. The molecule has 0 radical (unpaired) electrons. The summed E-state index contributed by atoms with van der Waals surface area (Å²) in [5, 5.41) is 3.39. The highest BCUT2D eigenvalue weighted by molar-refractivity contribution is 6.05. The number of nitrogens with two attached hydrogens (primary N) is 2. The van der Waals surface area contributed by atoms with Gasteiger partial charge in [0.15, 0.2) is 0 Å². The van der Waals surface area contributed by atoms with E-state index in [0.717, 1.165) is 34.7 Å². The molecule has 0 aliphatic heterocycles. The maximum atomic E-state index is 13.3. The molecule has 6 N–H and O–H groups in total. The van der Waals surface area contributed by atoms with E-state index < -0.39 is 17.6 Å². The van der Waals surface area contributed by atoms with Gasteiger partial charge >= 0.3 is 6.18 Å². The van der Waals surface area contributed by atoms with Crippen LogP contribution in [0.15, 0.2) is 54.9 Å². The second-order valence-electron chi connectivity index (χ2n) is 8.33. The predicted octanol–water partition coefficient (Wildman–Crippen LogP) is 7.80. The fourth-order valence-electron chi connectivity index (χ4n) is 3.79. The lowest BCUT2D eigenvalue weighted by Gasteiger charge is -2.14. The number of hydrogen-bond acceptors (Lipinski definition) is 5. The fraction of sp³-hybridized carbons (Fsp3) is 0.312. The third kappa shape index (κ3) is 9.46. The molecule has 0 spiro atoms. The van der Waals surface area contributed by atoms with Crippen LogP contribution in [0.4, 0.5) is 18.9 Å². The van der Waals surface area contributed by atoms with Gasteiger partial charge in [0, 0.05) is 35.8 Å². The summed E-state index contributed by atoms with van der Waals surface area (Å²) >= 11 is 0. The predicted molar refractivity (Wildman–Crippen MR) is 167 cm³/mol. The van der Waals surface area contributed by atoms with Crippen LogP contribution in [0.1, 0.15) is 72.8 Å². The molecule has 0 aliphatic rings. The van der Waals surface area contributed by atoms with Gasteiger partial charge in [-0.25, -0.2) is 4.98 Å². The first-order chi connectivity index (χ1) is 20.1. The Kier molecular flexibility index (Phi) is 15.0. The quantitative estimate of drug-likeness (QED) is 0.184. The summed E-state index contributed by atoms with van der Waals surface area (Å²) in [6, 6.07) is 10.5. The third-order valence-electron chi connectivity index (χ3n) is 5.65. The number of pyridine rings is 1. The van der Waals surface area contributed by atoms with Gasteiger partial charge in [0.25, 0.3) is 5.91 Å². The number of amides is 1. The first-order valence-corrected chi connectivity index (χ1v) is 13.8. The van der Waals surface area contributed by atoms with Crippen molar-refractivity contribution in [1.29, 1.82) is 0 Å². The normalized spacial score (nSPS) is 10.6. The van der Waals surface area contributed by atoms with Crippen molar-refractivity contribution in [2.45, 2.75) is 54.3 Å². The van der Waals surface area contributed by atoms with E-state index in [2.05, 4.69) is 15.3 Å². The summed E-state index contributed by atoms with van der Waals surface area (Å²) in [6.07, 6.45) is 2.56. The molecule has 2 heterocycles. The van der Waals surface area contributed by atoms with E-state index in [-0.39, 0.29) is 17.8 Å². The number of carbonyl (C=O) groups is 1. The lowest BCUT2D eigenvalue weighted by atomic mass is 10.0. The Balaban J connectivity index is 0.00000116. The fourth-order valence-corrected chi connectivity index (χ4v) is 3.79. The molecule has 0 unspecified atom stereocenters. The number of aromatic nitrogens is 2. The number of hydrogen-bond donors (Lipinski definition) is 4. The molecule has 2 aromatic carbocycles. The Labute approximate surface area is 246 Å². The van der Waals surface area contributed by atoms with Crippen LogP contribution in [-0.2, 0) is 12.7 Å². The van der Waals surface area contributed by atoms with Crippen LogP contribution < -0.4 is 21.5 Å². The Bertz CT molecular complexity index is 1450. The van der Waals surface area contributed by atoms with Crippen molar-refractivity contribution in [3.05, 3.63) is 88.2 Å². The molecule has 228 valence electrons. The molecule has 7 nitrogen and oxygen atoms in total. The molecule has 0 saturated heterocycles. The van der Waals surface area contributed by atoms with Crippen LogP contribution in [0.2, 0.25) is 0 Å². The van der Waals surface area contributed by atoms with E-state index in [9.17, 15) is 18.0 Å². The number of benzene rings is 2. The SMILES string of the molecule is CC.CC.CCN.COc1c(/C=C/c2cc(C(=O)Nc3ccc(CN)c(C(F)(F)F)c3)ccc2C)cnc2[nH]ccc12. The van der Waals surface area contributed by atoms with Gasteiger partial charge in [-0.15, -0.1) is 0 Å². The molecular formula is C32H42F3N5O2. The van der Waals surface area contributed by atoms with Gasteiger partial charge in [-0.3, -0.25) is 4.79 Å². The van der Waals surface area contributed by atoms with Crippen LogP contribution in [0.3, 0.4) is 0 Å². The van der Waals surface area contributed by atoms with Crippen molar-refractivity contribution in [2.75, 3.05) is 19.0 Å². The zero-order valence-corrected chi connectivity index (χ0v) is 25.3. The molecule has 1 amide bonds. The summed E-state index contributed by atoms with van der Waals surface area (Å²) in [6.45, 7) is 12.3. The molecule has 0 atom stereocenters. The van der Waals surface area contributed by atoms with Crippen molar-refractivity contribution in [1.82, 2.24) is 9.97 Å². The van der Waals surface area contributed by atoms with E-state index in [0.29, 0.717) is 17.0 Å². The van der Waals surface area contributed by atoms with E-state index in [1.165, 1.54) is 12.1 Å². The summed E-state index contributed by atoms with van der Waals surface area (Å²) in [4.78, 5) is 20.2. The van der Waals surface area contributed by atoms with Gasteiger partial charge in [0.1, 0.15) is 11.4 Å². The second kappa shape index (κ2) is 17.6. The van der Waals surface area contributed by atoms with E-state index in [4.69, 9.17) is 16.2 Å². The zero-order valence-electron chi connectivity index (χ0n) is 25.3. The number of nitrogens with zero attached hydrogens (tertiary/aromatic N) is 1. The molecule has 4 aromatic rings. The van der Waals surface area contributed by atoms with Gasteiger partial charge in [-0.1, -0.05) is 52.8 Å². The molecule has 0 fully saturated rings. The monoisotopic (exact) mass is 585 g/mol. The number of methoxy groups -OCH3 is 1. The first kappa shape index (κ1) is 35.9. The number of halogens is 3. The van der Waals surface area contributed by atoms with Crippen molar-refractivity contribution in [2.24, 2.45) is 11.5 Å². The number of ether oxygens (including phenoxy) is 1. The van der Waals surface area contributed by atoms with Crippen LogP contribution in [0, 0.1) is 6.92 Å². The van der Waals surface area contributed by atoms with Crippen molar-refractivity contribution >= 4 is 34.8 Å². The summed E-state index contributed by atoms with van der Waals surface area (Å²) in [7, 11) is 1.58. The lowest BCUT2D eigenvalue weighted by molar-refractivity contribution is -0.138. The van der Waals surface area contributed by atoms with Crippen LogP contribution in [-0.4, -0.2) is 29.5 Å². The highest BCUT2D eigenvalue weighted by Gasteiger charge is 2.33. The minimum absolute atomic E-state index is 0.0350.